The van der Waals surface area contributed by atoms with Gasteiger partial charge in [-0.05, 0) is 45.1 Å². The Labute approximate surface area is 116 Å². The van der Waals surface area contributed by atoms with Gasteiger partial charge in [-0.15, -0.1) is 0 Å². The molecule has 2 heterocycles. The van der Waals surface area contributed by atoms with Crippen LogP contribution in [-0.2, 0) is 9.53 Å². The Kier molecular flexibility index (Phi) is 6.11. The van der Waals surface area contributed by atoms with Gasteiger partial charge in [-0.1, -0.05) is 13.3 Å². The van der Waals surface area contributed by atoms with Gasteiger partial charge in [0, 0.05) is 19.7 Å². The van der Waals surface area contributed by atoms with Crippen molar-refractivity contribution >= 4 is 5.91 Å². The lowest BCUT2D eigenvalue weighted by Gasteiger charge is -2.29. The standard InChI is InChI=1S/C15H28N2O2/c1-2-12-19-13-6-5-10-17(11-8-13)15(18)14-7-3-4-9-16-14/h13-14,16H,2-12H2,1H3. The maximum atomic E-state index is 12.4. The third-order valence-electron chi connectivity index (χ3n) is 4.15. The van der Waals surface area contributed by atoms with Crippen LogP contribution in [0.25, 0.3) is 0 Å². The molecule has 1 N–H and O–H groups in total. The van der Waals surface area contributed by atoms with E-state index < -0.39 is 0 Å². The van der Waals surface area contributed by atoms with Crippen molar-refractivity contribution in [2.24, 2.45) is 0 Å². The van der Waals surface area contributed by atoms with Gasteiger partial charge in [0.2, 0.25) is 5.91 Å². The number of hydrogen-bond donors (Lipinski definition) is 1. The zero-order chi connectivity index (χ0) is 13.5. The van der Waals surface area contributed by atoms with Crippen molar-refractivity contribution in [1.82, 2.24) is 10.2 Å². The lowest BCUT2D eigenvalue weighted by atomic mass is 10.0. The quantitative estimate of drug-likeness (QED) is 0.847. The van der Waals surface area contributed by atoms with Crippen LogP contribution in [0.2, 0.25) is 0 Å². The molecule has 0 aromatic carbocycles. The SMILES string of the molecule is CCCOC1CCCN(C(=O)C2CCCCN2)CC1. The Balaban J connectivity index is 1.79. The minimum atomic E-state index is 0.0712. The third kappa shape index (κ3) is 4.46. The van der Waals surface area contributed by atoms with Gasteiger partial charge >= 0.3 is 0 Å². The molecular formula is C15H28N2O2. The summed E-state index contributed by atoms with van der Waals surface area (Å²) < 4.78 is 5.83. The largest absolute Gasteiger partial charge is 0.378 e. The topological polar surface area (TPSA) is 41.6 Å². The fourth-order valence-corrected chi connectivity index (χ4v) is 3.02. The van der Waals surface area contributed by atoms with E-state index in [1.54, 1.807) is 0 Å². The zero-order valence-electron chi connectivity index (χ0n) is 12.2. The van der Waals surface area contributed by atoms with Crippen LogP contribution in [0.3, 0.4) is 0 Å². The van der Waals surface area contributed by atoms with Crippen LogP contribution in [-0.4, -0.2) is 49.2 Å². The van der Waals surface area contributed by atoms with E-state index in [2.05, 4.69) is 17.1 Å². The van der Waals surface area contributed by atoms with Gasteiger partial charge in [0.25, 0.3) is 0 Å². The van der Waals surface area contributed by atoms with E-state index in [0.29, 0.717) is 12.0 Å². The van der Waals surface area contributed by atoms with E-state index >= 15 is 0 Å². The van der Waals surface area contributed by atoms with E-state index in [-0.39, 0.29) is 6.04 Å². The number of likely N-dealkylation sites (tertiary alicyclic amines) is 1. The first-order valence-corrected chi connectivity index (χ1v) is 7.95. The van der Waals surface area contributed by atoms with Crippen molar-refractivity contribution in [2.75, 3.05) is 26.2 Å². The number of carbonyl (C=O) groups is 1. The van der Waals surface area contributed by atoms with Crippen molar-refractivity contribution < 1.29 is 9.53 Å². The Bertz CT molecular complexity index is 277. The predicted octanol–water partition coefficient (Wildman–Crippen LogP) is 1.94. The zero-order valence-corrected chi connectivity index (χ0v) is 12.2. The molecule has 0 spiro atoms. The Hall–Kier alpha value is -0.610. The van der Waals surface area contributed by atoms with Crippen molar-refractivity contribution in [2.45, 2.75) is 64.0 Å². The summed E-state index contributed by atoms with van der Waals surface area (Å²) in [5, 5.41) is 3.36. The number of rotatable bonds is 4. The Morgan fingerprint density at radius 2 is 2.11 bits per heavy atom. The van der Waals surface area contributed by atoms with Crippen LogP contribution in [0, 0.1) is 0 Å². The number of ether oxygens (including phenoxy) is 1. The van der Waals surface area contributed by atoms with Crippen molar-refractivity contribution in [3.05, 3.63) is 0 Å². The lowest BCUT2D eigenvalue weighted by molar-refractivity contribution is -0.134. The van der Waals surface area contributed by atoms with Gasteiger partial charge in [-0.2, -0.15) is 0 Å². The average Bonchev–Trinajstić information content (AvgIpc) is 2.71. The second-order valence-corrected chi connectivity index (χ2v) is 5.75. The van der Waals surface area contributed by atoms with Crippen LogP contribution >= 0.6 is 0 Å². The van der Waals surface area contributed by atoms with Crippen molar-refractivity contribution in [3.8, 4) is 0 Å². The van der Waals surface area contributed by atoms with Crippen LogP contribution in [0.4, 0.5) is 0 Å². The van der Waals surface area contributed by atoms with Crippen LogP contribution in [0.15, 0.2) is 0 Å². The fraction of sp³-hybridized carbons (Fsp3) is 0.933. The van der Waals surface area contributed by atoms with E-state index in [1.807, 2.05) is 0 Å². The molecule has 2 atom stereocenters. The number of nitrogens with zero attached hydrogens (tertiary/aromatic N) is 1. The van der Waals surface area contributed by atoms with E-state index in [9.17, 15) is 4.79 Å². The second kappa shape index (κ2) is 7.85. The molecule has 2 saturated heterocycles. The molecule has 2 rings (SSSR count). The summed E-state index contributed by atoms with van der Waals surface area (Å²) in [6, 6.07) is 0.0712. The Morgan fingerprint density at radius 3 is 2.84 bits per heavy atom. The summed E-state index contributed by atoms with van der Waals surface area (Å²) in [5.41, 5.74) is 0. The molecule has 0 aromatic heterocycles. The molecule has 0 bridgehead atoms. The molecule has 4 nitrogen and oxygen atoms in total. The molecule has 0 aromatic rings. The summed E-state index contributed by atoms with van der Waals surface area (Å²) in [4.78, 5) is 14.5. The highest BCUT2D eigenvalue weighted by molar-refractivity contribution is 5.82. The molecule has 2 aliphatic heterocycles. The smallest absolute Gasteiger partial charge is 0.239 e. The van der Waals surface area contributed by atoms with Crippen LogP contribution in [0.5, 0.6) is 0 Å². The highest BCUT2D eigenvalue weighted by atomic mass is 16.5. The van der Waals surface area contributed by atoms with Crippen molar-refractivity contribution in [1.29, 1.82) is 0 Å². The van der Waals surface area contributed by atoms with E-state index in [1.165, 1.54) is 12.8 Å². The molecule has 4 heteroatoms. The van der Waals surface area contributed by atoms with Gasteiger partial charge in [0.1, 0.15) is 0 Å². The summed E-state index contributed by atoms with van der Waals surface area (Å²) in [5.74, 6) is 0.316. The predicted molar refractivity (Wildman–Crippen MR) is 76.1 cm³/mol. The molecule has 0 aliphatic carbocycles. The third-order valence-corrected chi connectivity index (χ3v) is 4.15. The molecule has 1 amide bonds. The monoisotopic (exact) mass is 268 g/mol. The summed E-state index contributed by atoms with van der Waals surface area (Å²) >= 11 is 0. The first kappa shape index (κ1) is 14.8. The van der Waals surface area contributed by atoms with Gasteiger partial charge in [0.05, 0.1) is 12.1 Å². The van der Waals surface area contributed by atoms with Gasteiger partial charge in [0.15, 0.2) is 0 Å². The van der Waals surface area contributed by atoms with Crippen molar-refractivity contribution in [3.63, 3.8) is 0 Å². The molecule has 110 valence electrons. The molecule has 19 heavy (non-hydrogen) atoms. The number of piperidine rings is 1. The van der Waals surface area contributed by atoms with Gasteiger partial charge in [-0.3, -0.25) is 4.79 Å². The van der Waals surface area contributed by atoms with E-state index in [4.69, 9.17) is 4.74 Å². The maximum absolute atomic E-state index is 12.4. The van der Waals surface area contributed by atoms with E-state index in [0.717, 1.165) is 58.3 Å². The second-order valence-electron chi connectivity index (χ2n) is 5.75. The average molecular weight is 268 g/mol. The molecule has 2 fully saturated rings. The minimum absolute atomic E-state index is 0.0712. The molecule has 0 saturated carbocycles. The number of hydrogen-bond acceptors (Lipinski definition) is 3. The highest BCUT2D eigenvalue weighted by Crippen LogP contribution is 2.17. The minimum Gasteiger partial charge on any atom is -0.378 e. The van der Waals surface area contributed by atoms with Crippen LogP contribution < -0.4 is 5.32 Å². The summed E-state index contributed by atoms with van der Waals surface area (Å²) in [6.45, 7) is 5.75. The number of carbonyl (C=O) groups excluding carboxylic acids is 1. The first-order valence-electron chi connectivity index (χ1n) is 7.95. The summed E-state index contributed by atoms with van der Waals surface area (Å²) in [7, 11) is 0. The Morgan fingerprint density at radius 1 is 1.21 bits per heavy atom. The number of nitrogens with one attached hydrogen (secondary N) is 1. The van der Waals surface area contributed by atoms with Crippen LogP contribution in [0.1, 0.15) is 51.9 Å². The molecule has 2 aliphatic rings. The molecule has 0 radical (unpaired) electrons. The highest BCUT2D eigenvalue weighted by Gasteiger charge is 2.27. The lowest BCUT2D eigenvalue weighted by Crippen LogP contribution is -2.48. The van der Waals surface area contributed by atoms with Gasteiger partial charge in [-0.25, -0.2) is 0 Å². The summed E-state index contributed by atoms with van der Waals surface area (Å²) in [6.07, 6.45) is 8.00. The maximum Gasteiger partial charge on any atom is 0.239 e. The molecule has 2 unspecified atom stereocenters. The normalized spacial score (nSPS) is 29.0. The molecular weight excluding hydrogens is 240 g/mol. The number of amides is 1. The fourth-order valence-electron chi connectivity index (χ4n) is 3.02. The first-order chi connectivity index (χ1) is 9.31. The van der Waals surface area contributed by atoms with Gasteiger partial charge < -0.3 is 15.0 Å².